The molecule has 21 heavy (non-hydrogen) atoms. The van der Waals surface area contributed by atoms with Gasteiger partial charge < -0.3 is 10.4 Å². The van der Waals surface area contributed by atoms with Crippen molar-refractivity contribution in [2.75, 3.05) is 13.2 Å². The van der Waals surface area contributed by atoms with E-state index in [2.05, 4.69) is 29.6 Å². The second-order valence-electron chi connectivity index (χ2n) is 6.91. The van der Waals surface area contributed by atoms with E-state index in [1.165, 1.54) is 11.1 Å². The van der Waals surface area contributed by atoms with Gasteiger partial charge in [-0.15, -0.1) is 0 Å². The molecule has 116 valence electrons. The van der Waals surface area contributed by atoms with Gasteiger partial charge in [-0.1, -0.05) is 38.1 Å². The summed E-state index contributed by atoms with van der Waals surface area (Å²) in [5, 5.41) is 12.2. The predicted octanol–water partition coefficient (Wildman–Crippen LogP) is 3.02. The molecular weight excluding hydrogens is 262 g/mol. The Balaban J connectivity index is 1.71. The largest absolute Gasteiger partial charge is 0.396 e. The van der Waals surface area contributed by atoms with Crippen LogP contribution in [0.4, 0.5) is 0 Å². The van der Waals surface area contributed by atoms with Gasteiger partial charge >= 0.3 is 0 Å². The van der Waals surface area contributed by atoms with Gasteiger partial charge in [0.1, 0.15) is 0 Å². The summed E-state index contributed by atoms with van der Waals surface area (Å²) in [5.41, 5.74) is 2.71. The molecule has 3 nitrogen and oxygen atoms in total. The minimum absolute atomic E-state index is 0.0465. The molecule has 0 spiro atoms. The number of benzene rings is 1. The first kappa shape index (κ1) is 16.0. The van der Waals surface area contributed by atoms with Crippen molar-refractivity contribution in [1.82, 2.24) is 5.32 Å². The minimum atomic E-state index is -0.0465. The Morgan fingerprint density at radius 1 is 1.38 bits per heavy atom. The summed E-state index contributed by atoms with van der Waals surface area (Å²) in [4.78, 5) is 12.0. The Bertz CT molecular complexity index is 482. The normalized spacial score (nSPS) is 17.6. The number of amides is 1. The number of hydrogen-bond donors (Lipinski definition) is 2. The molecular formula is C18H27NO2. The van der Waals surface area contributed by atoms with Crippen LogP contribution in [0.2, 0.25) is 0 Å². The molecule has 1 aliphatic rings. The highest BCUT2D eigenvalue weighted by atomic mass is 16.3. The molecule has 0 saturated heterocycles. The van der Waals surface area contributed by atoms with E-state index >= 15 is 0 Å². The van der Waals surface area contributed by atoms with Gasteiger partial charge in [-0.25, -0.2) is 0 Å². The van der Waals surface area contributed by atoms with Crippen LogP contribution in [0.15, 0.2) is 24.3 Å². The first-order valence-electron chi connectivity index (χ1n) is 7.97. The molecule has 1 atom stereocenters. The summed E-state index contributed by atoms with van der Waals surface area (Å²) < 4.78 is 0. The Morgan fingerprint density at radius 2 is 2.14 bits per heavy atom. The number of aliphatic hydroxyl groups is 1. The van der Waals surface area contributed by atoms with E-state index in [1.807, 2.05) is 13.8 Å². The molecule has 1 aromatic rings. The van der Waals surface area contributed by atoms with Crippen molar-refractivity contribution in [3.8, 4) is 0 Å². The summed E-state index contributed by atoms with van der Waals surface area (Å²) >= 11 is 0. The van der Waals surface area contributed by atoms with Crippen LogP contribution in [0.1, 0.15) is 56.6 Å². The Labute approximate surface area is 127 Å². The number of aryl methyl sites for hydroxylation is 1. The van der Waals surface area contributed by atoms with E-state index in [1.54, 1.807) is 0 Å². The number of carbonyl (C=O) groups excluding carboxylic acids is 1. The first-order valence-corrected chi connectivity index (χ1v) is 7.97. The number of rotatable bonds is 7. The van der Waals surface area contributed by atoms with Crippen LogP contribution in [0.5, 0.6) is 0 Å². The van der Waals surface area contributed by atoms with Crippen LogP contribution in [0.25, 0.3) is 0 Å². The summed E-state index contributed by atoms with van der Waals surface area (Å²) in [6, 6.07) is 8.46. The van der Waals surface area contributed by atoms with E-state index in [4.69, 9.17) is 0 Å². The Hall–Kier alpha value is -1.35. The maximum atomic E-state index is 12.0. The van der Waals surface area contributed by atoms with Crippen LogP contribution < -0.4 is 5.32 Å². The predicted molar refractivity (Wildman–Crippen MR) is 85.2 cm³/mol. The SMILES string of the molecule is CC(C)(CO)CCCNC(=O)CC1CCc2ccccc21. The van der Waals surface area contributed by atoms with E-state index in [0.29, 0.717) is 18.9 Å². The second-order valence-corrected chi connectivity index (χ2v) is 6.91. The maximum Gasteiger partial charge on any atom is 0.220 e. The molecule has 0 saturated carbocycles. The first-order chi connectivity index (χ1) is 10.0. The average Bonchev–Trinajstić information content (AvgIpc) is 2.87. The number of aliphatic hydroxyl groups excluding tert-OH is 1. The standard InChI is InChI=1S/C18H27NO2/c1-18(2,13-20)10-5-11-19-17(21)12-15-9-8-14-6-3-4-7-16(14)15/h3-4,6-7,15,20H,5,8-13H2,1-2H3,(H,19,21). The van der Waals surface area contributed by atoms with Gasteiger partial charge in [0, 0.05) is 19.6 Å². The van der Waals surface area contributed by atoms with E-state index < -0.39 is 0 Å². The Morgan fingerprint density at radius 3 is 2.90 bits per heavy atom. The fraction of sp³-hybridized carbons (Fsp3) is 0.611. The third-order valence-electron chi connectivity index (χ3n) is 4.47. The number of carbonyl (C=O) groups is 1. The summed E-state index contributed by atoms with van der Waals surface area (Å²) in [6.45, 7) is 4.99. The monoisotopic (exact) mass is 289 g/mol. The smallest absolute Gasteiger partial charge is 0.220 e. The molecule has 1 unspecified atom stereocenters. The minimum Gasteiger partial charge on any atom is -0.396 e. The lowest BCUT2D eigenvalue weighted by Crippen LogP contribution is -2.27. The third-order valence-corrected chi connectivity index (χ3v) is 4.47. The lowest BCUT2D eigenvalue weighted by molar-refractivity contribution is -0.121. The maximum absolute atomic E-state index is 12.0. The van der Waals surface area contributed by atoms with Crippen LogP contribution in [0, 0.1) is 5.41 Å². The zero-order valence-corrected chi connectivity index (χ0v) is 13.2. The van der Waals surface area contributed by atoms with Gasteiger partial charge in [-0.2, -0.15) is 0 Å². The van der Waals surface area contributed by atoms with Crippen molar-refractivity contribution in [2.24, 2.45) is 5.41 Å². The summed E-state index contributed by atoms with van der Waals surface area (Å²) in [5.74, 6) is 0.536. The molecule has 1 amide bonds. The lowest BCUT2D eigenvalue weighted by atomic mass is 9.89. The molecule has 3 heteroatoms. The molecule has 0 fully saturated rings. The fourth-order valence-electron chi connectivity index (χ4n) is 3.03. The van der Waals surface area contributed by atoms with Gasteiger partial charge in [0.2, 0.25) is 5.91 Å². The Kier molecular flexibility index (Phi) is 5.40. The van der Waals surface area contributed by atoms with Crippen LogP contribution in [0.3, 0.4) is 0 Å². The van der Waals surface area contributed by atoms with Crippen molar-refractivity contribution >= 4 is 5.91 Å². The van der Waals surface area contributed by atoms with Crippen molar-refractivity contribution in [2.45, 2.75) is 51.9 Å². The topological polar surface area (TPSA) is 49.3 Å². The highest BCUT2D eigenvalue weighted by Gasteiger charge is 2.24. The second kappa shape index (κ2) is 7.08. The molecule has 0 aromatic heterocycles. The van der Waals surface area contributed by atoms with Crippen molar-refractivity contribution in [3.05, 3.63) is 35.4 Å². The average molecular weight is 289 g/mol. The molecule has 0 heterocycles. The number of fused-ring (bicyclic) bond motifs is 1. The number of hydrogen-bond acceptors (Lipinski definition) is 2. The molecule has 0 radical (unpaired) electrons. The van der Waals surface area contributed by atoms with Gasteiger partial charge in [-0.05, 0) is 48.1 Å². The van der Waals surface area contributed by atoms with Crippen molar-refractivity contribution < 1.29 is 9.90 Å². The summed E-state index contributed by atoms with van der Waals surface area (Å²) in [7, 11) is 0. The fourth-order valence-corrected chi connectivity index (χ4v) is 3.03. The van der Waals surface area contributed by atoms with Crippen molar-refractivity contribution in [3.63, 3.8) is 0 Å². The van der Waals surface area contributed by atoms with E-state index in [0.717, 1.165) is 25.7 Å². The highest BCUT2D eigenvalue weighted by molar-refractivity contribution is 5.77. The molecule has 1 aliphatic carbocycles. The number of nitrogens with one attached hydrogen (secondary N) is 1. The molecule has 1 aromatic carbocycles. The molecule has 2 N–H and O–H groups in total. The van der Waals surface area contributed by atoms with E-state index in [-0.39, 0.29) is 17.9 Å². The molecule has 0 bridgehead atoms. The van der Waals surface area contributed by atoms with Crippen LogP contribution in [-0.2, 0) is 11.2 Å². The lowest BCUT2D eigenvalue weighted by Gasteiger charge is -2.21. The molecule has 0 aliphatic heterocycles. The van der Waals surface area contributed by atoms with Crippen LogP contribution >= 0.6 is 0 Å². The van der Waals surface area contributed by atoms with Crippen molar-refractivity contribution in [1.29, 1.82) is 0 Å². The molecule has 2 rings (SSSR count). The highest BCUT2D eigenvalue weighted by Crippen LogP contribution is 2.35. The van der Waals surface area contributed by atoms with E-state index in [9.17, 15) is 9.90 Å². The van der Waals surface area contributed by atoms with Gasteiger partial charge in [-0.3, -0.25) is 4.79 Å². The van der Waals surface area contributed by atoms with Crippen LogP contribution in [-0.4, -0.2) is 24.2 Å². The zero-order valence-electron chi connectivity index (χ0n) is 13.2. The van der Waals surface area contributed by atoms with Gasteiger partial charge in [0.05, 0.1) is 0 Å². The third kappa shape index (κ3) is 4.57. The van der Waals surface area contributed by atoms with Gasteiger partial charge in [0.15, 0.2) is 0 Å². The summed E-state index contributed by atoms with van der Waals surface area (Å²) in [6.07, 6.45) is 4.63. The zero-order chi connectivity index (χ0) is 15.3. The van der Waals surface area contributed by atoms with Gasteiger partial charge in [0.25, 0.3) is 0 Å². The quantitative estimate of drug-likeness (QED) is 0.758.